The Bertz CT molecular complexity index is 698. The summed E-state index contributed by atoms with van der Waals surface area (Å²) in [6.45, 7) is 2.72. The molecule has 1 saturated heterocycles. The standard InChI is InChI=1S/C18H22N2O2S2/c21-13-3-1-7-19(11-13)12-17(22)20-8-5-15-14(6-10-24-15)18(20)16-4-2-9-23-16/h2,4,6,9-10,13,18,21H,1,3,5,7-8,11-12H2/t13-,18-/m1/s1. The van der Waals surface area contributed by atoms with Crippen LogP contribution in [0.3, 0.4) is 0 Å². The van der Waals surface area contributed by atoms with Crippen LogP contribution < -0.4 is 0 Å². The summed E-state index contributed by atoms with van der Waals surface area (Å²) in [5.74, 6) is 0.180. The van der Waals surface area contributed by atoms with Gasteiger partial charge in [-0.1, -0.05) is 6.07 Å². The predicted octanol–water partition coefficient (Wildman–Crippen LogP) is 2.74. The van der Waals surface area contributed by atoms with E-state index in [1.165, 1.54) is 15.3 Å². The molecular weight excluding hydrogens is 340 g/mol. The van der Waals surface area contributed by atoms with Gasteiger partial charge in [-0.2, -0.15) is 0 Å². The topological polar surface area (TPSA) is 43.8 Å². The highest BCUT2D eigenvalue weighted by molar-refractivity contribution is 7.10. The lowest BCUT2D eigenvalue weighted by atomic mass is 9.98. The van der Waals surface area contributed by atoms with Crippen molar-refractivity contribution in [3.63, 3.8) is 0 Å². The Hall–Kier alpha value is -1.21. The van der Waals surface area contributed by atoms with Crippen LogP contribution in [0.5, 0.6) is 0 Å². The number of rotatable bonds is 3. The van der Waals surface area contributed by atoms with E-state index < -0.39 is 0 Å². The van der Waals surface area contributed by atoms with Crippen molar-refractivity contribution in [3.8, 4) is 0 Å². The zero-order chi connectivity index (χ0) is 16.5. The number of carbonyl (C=O) groups excluding carboxylic acids is 1. The summed E-state index contributed by atoms with van der Waals surface area (Å²) in [7, 11) is 0. The molecule has 4 nitrogen and oxygen atoms in total. The highest BCUT2D eigenvalue weighted by Crippen LogP contribution is 2.39. The summed E-state index contributed by atoms with van der Waals surface area (Å²) in [4.78, 5) is 19.8. The molecule has 0 radical (unpaired) electrons. The minimum Gasteiger partial charge on any atom is -0.392 e. The SMILES string of the molecule is O=C(CN1CCC[C@@H](O)C1)N1CCc2sccc2[C@@H]1c1cccs1. The number of β-amino-alcohol motifs (C(OH)–C–C–N with tert-alkyl or cyclic N) is 1. The van der Waals surface area contributed by atoms with Gasteiger partial charge < -0.3 is 10.0 Å². The molecule has 2 aromatic rings. The van der Waals surface area contributed by atoms with Gasteiger partial charge in [0.05, 0.1) is 18.7 Å². The normalized spacial score (nSPS) is 24.8. The van der Waals surface area contributed by atoms with Crippen LogP contribution in [0.25, 0.3) is 0 Å². The van der Waals surface area contributed by atoms with Crippen molar-refractivity contribution in [1.29, 1.82) is 0 Å². The van der Waals surface area contributed by atoms with E-state index in [2.05, 4.69) is 33.9 Å². The average Bonchev–Trinajstić information content (AvgIpc) is 3.25. The van der Waals surface area contributed by atoms with Gasteiger partial charge in [-0.25, -0.2) is 0 Å². The Labute approximate surface area is 150 Å². The molecule has 24 heavy (non-hydrogen) atoms. The Morgan fingerprint density at radius 1 is 1.25 bits per heavy atom. The first kappa shape index (κ1) is 16.3. The molecule has 4 heterocycles. The third-order valence-corrected chi connectivity index (χ3v) is 6.86. The maximum atomic E-state index is 13.0. The van der Waals surface area contributed by atoms with E-state index in [-0.39, 0.29) is 18.1 Å². The van der Waals surface area contributed by atoms with Gasteiger partial charge in [0.1, 0.15) is 0 Å². The molecule has 1 fully saturated rings. The monoisotopic (exact) mass is 362 g/mol. The molecule has 6 heteroatoms. The van der Waals surface area contributed by atoms with Crippen LogP contribution in [0.1, 0.15) is 34.2 Å². The first-order chi connectivity index (χ1) is 11.7. The fraction of sp³-hybridized carbons (Fsp3) is 0.500. The number of likely N-dealkylation sites (tertiary alicyclic amines) is 1. The van der Waals surface area contributed by atoms with Crippen LogP contribution in [-0.2, 0) is 11.2 Å². The zero-order valence-electron chi connectivity index (χ0n) is 13.6. The van der Waals surface area contributed by atoms with E-state index in [9.17, 15) is 9.90 Å². The molecule has 0 aliphatic carbocycles. The lowest BCUT2D eigenvalue weighted by molar-refractivity contribution is -0.135. The molecule has 2 aliphatic heterocycles. The van der Waals surface area contributed by atoms with Crippen LogP contribution in [-0.4, -0.2) is 53.1 Å². The van der Waals surface area contributed by atoms with Gasteiger partial charge in [-0.15, -0.1) is 22.7 Å². The fourth-order valence-electron chi connectivity index (χ4n) is 3.80. The van der Waals surface area contributed by atoms with Crippen molar-refractivity contribution in [3.05, 3.63) is 44.3 Å². The van der Waals surface area contributed by atoms with Gasteiger partial charge in [0.25, 0.3) is 0 Å². The number of aliphatic hydroxyl groups is 1. The molecule has 0 saturated carbocycles. The molecule has 4 rings (SSSR count). The van der Waals surface area contributed by atoms with Crippen molar-refractivity contribution < 1.29 is 9.90 Å². The van der Waals surface area contributed by atoms with Crippen LogP contribution in [0, 0.1) is 0 Å². The summed E-state index contributed by atoms with van der Waals surface area (Å²) in [6.07, 6.45) is 2.48. The van der Waals surface area contributed by atoms with E-state index in [0.29, 0.717) is 13.1 Å². The summed E-state index contributed by atoms with van der Waals surface area (Å²) in [5, 5.41) is 14.1. The van der Waals surface area contributed by atoms with Crippen LogP contribution in [0.4, 0.5) is 0 Å². The van der Waals surface area contributed by atoms with Gasteiger partial charge in [-0.05, 0) is 54.3 Å². The Morgan fingerprint density at radius 3 is 2.96 bits per heavy atom. The van der Waals surface area contributed by atoms with E-state index in [0.717, 1.165) is 32.4 Å². The number of aliphatic hydroxyl groups excluding tert-OH is 1. The number of hydrogen-bond donors (Lipinski definition) is 1. The predicted molar refractivity (Wildman–Crippen MR) is 97.6 cm³/mol. The molecule has 128 valence electrons. The number of piperidine rings is 1. The van der Waals surface area contributed by atoms with Gasteiger partial charge >= 0.3 is 0 Å². The zero-order valence-corrected chi connectivity index (χ0v) is 15.2. The second-order valence-corrected chi connectivity index (χ2v) is 8.57. The molecule has 2 atom stereocenters. The molecule has 0 spiro atoms. The van der Waals surface area contributed by atoms with Crippen molar-refractivity contribution in [1.82, 2.24) is 9.80 Å². The first-order valence-corrected chi connectivity index (χ1v) is 10.3. The fourth-order valence-corrected chi connectivity index (χ4v) is 5.55. The number of hydrogen-bond acceptors (Lipinski definition) is 5. The van der Waals surface area contributed by atoms with Crippen LogP contribution in [0.15, 0.2) is 29.0 Å². The molecular formula is C18H22N2O2S2. The van der Waals surface area contributed by atoms with Crippen molar-refractivity contribution in [2.24, 2.45) is 0 Å². The highest BCUT2D eigenvalue weighted by Gasteiger charge is 2.34. The van der Waals surface area contributed by atoms with E-state index in [4.69, 9.17) is 0 Å². The van der Waals surface area contributed by atoms with Gasteiger partial charge in [0.15, 0.2) is 0 Å². The number of amides is 1. The first-order valence-electron chi connectivity index (χ1n) is 8.52. The quantitative estimate of drug-likeness (QED) is 0.913. The van der Waals surface area contributed by atoms with Gasteiger partial charge in [-0.3, -0.25) is 9.69 Å². The molecule has 0 aromatic carbocycles. The molecule has 1 N–H and O–H groups in total. The molecule has 0 unspecified atom stereocenters. The van der Waals surface area contributed by atoms with E-state index in [1.807, 2.05) is 4.90 Å². The van der Waals surface area contributed by atoms with Crippen LogP contribution in [0.2, 0.25) is 0 Å². The minimum atomic E-state index is -0.288. The number of thiophene rings is 2. The van der Waals surface area contributed by atoms with Gasteiger partial charge in [0, 0.05) is 22.8 Å². The lowest BCUT2D eigenvalue weighted by Crippen LogP contribution is -2.48. The molecule has 2 aliphatic rings. The van der Waals surface area contributed by atoms with Crippen LogP contribution >= 0.6 is 22.7 Å². The number of carbonyl (C=O) groups is 1. The largest absolute Gasteiger partial charge is 0.392 e. The smallest absolute Gasteiger partial charge is 0.237 e. The van der Waals surface area contributed by atoms with Gasteiger partial charge in [0.2, 0.25) is 5.91 Å². The third kappa shape index (κ3) is 3.16. The second-order valence-electron chi connectivity index (χ2n) is 6.59. The summed E-state index contributed by atoms with van der Waals surface area (Å²) >= 11 is 3.52. The minimum absolute atomic E-state index is 0.0576. The van der Waals surface area contributed by atoms with E-state index >= 15 is 0 Å². The highest BCUT2D eigenvalue weighted by atomic mass is 32.1. The van der Waals surface area contributed by atoms with Crippen molar-refractivity contribution in [2.45, 2.75) is 31.4 Å². The maximum Gasteiger partial charge on any atom is 0.237 e. The summed E-state index contributed by atoms with van der Waals surface area (Å²) in [5.41, 5.74) is 1.29. The molecule has 0 bridgehead atoms. The third-order valence-electron chi connectivity index (χ3n) is 4.94. The summed E-state index contributed by atoms with van der Waals surface area (Å²) in [6, 6.07) is 6.42. The van der Waals surface area contributed by atoms with Crippen molar-refractivity contribution in [2.75, 3.05) is 26.2 Å². The average molecular weight is 363 g/mol. The van der Waals surface area contributed by atoms with Crippen molar-refractivity contribution >= 4 is 28.6 Å². The number of nitrogens with zero attached hydrogens (tertiary/aromatic N) is 2. The maximum absolute atomic E-state index is 13.0. The molecule has 1 amide bonds. The Morgan fingerprint density at radius 2 is 2.17 bits per heavy atom. The second kappa shape index (κ2) is 6.96. The van der Waals surface area contributed by atoms with E-state index in [1.54, 1.807) is 22.7 Å². The summed E-state index contributed by atoms with van der Waals surface area (Å²) < 4.78 is 0. The Balaban J connectivity index is 1.56. The Kier molecular flexibility index (Phi) is 4.72. The molecule has 2 aromatic heterocycles. The number of fused-ring (bicyclic) bond motifs is 1. The lowest BCUT2D eigenvalue weighted by Gasteiger charge is -2.38.